The van der Waals surface area contributed by atoms with Crippen molar-refractivity contribution < 1.29 is 28.2 Å². The van der Waals surface area contributed by atoms with Gasteiger partial charge in [0.25, 0.3) is 6.43 Å². The van der Waals surface area contributed by atoms with Gasteiger partial charge in [-0.3, -0.25) is 9.59 Å². The third-order valence-electron chi connectivity index (χ3n) is 3.61. The lowest BCUT2D eigenvalue weighted by molar-refractivity contribution is -0.151. The van der Waals surface area contributed by atoms with Crippen molar-refractivity contribution in [3.05, 3.63) is 0 Å². The molecule has 20 heavy (non-hydrogen) atoms. The topological polar surface area (TPSA) is 75.6 Å². The molecule has 1 aliphatic rings. The van der Waals surface area contributed by atoms with Crippen molar-refractivity contribution in [1.82, 2.24) is 5.32 Å². The van der Waals surface area contributed by atoms with E-state index in [1.54, 1.807) is 0 Å². The van der Waals surface area contributed by atoms with Gasteiger partial charge in [-0.25, -0.2) is 8.78 Å². The number of halogens is 2. The number of carboxylic acids is 1. The van der Waals surface area contributed by atoms with Gasteiger partial charge < -0.3 is 15.2 Å². The Balaban J connectivity index is 2.29. The molecule has 1 fully saturated rings. The molecule has 0 saturated heterocycles. The van der Waals surface area contributed by atoms with Crippen molar-refractivity contribution in [2.45, 2.75) is 45.0 Å². The van der Waals surface area contributed by atoms with Crippen LogP contribution in [0.4, 0.5) is 8.78 Å². The summed E-state index contributed by atoms with van der Waals surface area (Å²) in [7, 11) is 0. The number of ether oxygens (including phenoxy) is 1. The summed E-state index contributed by atoms with van der Waals surface area (Å²) in [6.07, 6.45) is 1.25. The lowest BCUT2D eigenvalue weighted by Crippen LogP contribution is -2.44. The van der Waals surface area contributed by atoms with Crippen molar-refractivity contribution in [2.75, 3.05) is 19.8 Å². The van der Waals surface area contributed by atoms with Crippen LogP contribution in [0.5, 0.6) is 0 Å². The summed E-state index contributed by atoms with van der Waals surface area (Å²) < 4.78 is 28.2. The van der Waals surface area contributed by atoms with Crippen LogP contribution < -0.4 is 5.32 Å². The average molecular weight is 293 g/mol. The highest BCUT2D eigenvalue weighted by atomic mass is 19.3. The molecule has 2 N–H and O–H groups in total. The molecule has 0 unspecified atom stereocenters. The first-order valence-corrected chi connectivity index (χ1v) is 6.82. The van der Waals surface area contributed by atoms with E-state index in [1.807, 2.05) is 0 Å². The average Bonchev–Trinajstić information content (AvgIpc) is 2.42. The van der Waals surface area contributed by atoms with Gasteiger partial charge in [0.1, 0.15) is 6.61 Å². The third kappa shape index (κ3) is 5.40. The first-order chi connectivity index (χ1) is 9.46. The minimum absolute atomic E-state index is 0.0393. The largest absolute Gasteiger partial charge is 0.481 e. The molecule has 0 spiro atoms. The smallest absolute Gasteiger partial charge is 0.311 e. The second-order valence-electron chi connectivity index (χ2n) is 5.14. The molecule has 5 nitrogen and oxygen atoms in total. The maximum absolute atomic E-state index is 11.8. The predicted octanol–water partition coefficient (Wildman–Crippen LogP) is 1.81. The zero-order valence-electron chi connectivity index (χ0n) is 11.4. The molecule has 0 heterocycles. The summed E-state index contributed by atoms with van der Waals surface area (Å²) in [5.41, 5.74) is -0.877. The van der Waals surface area contributed by atoms with Crippen LogP contribution in [0.15, 0.2) is 0 Å². The van der Waals surface area contributed by atoms with Gasteiger partial charge in [-0.05, 0) is 12.8 Å². The number of hydrogen-bond acceptors (Lipinski definition) is 3. The number of aliphatic carboxylic acids is 1. The summed E-state index contributed by atoms with van der Waals surface area (Å²) in [6, 6.07) is 0. The highest BCUT2D eigenvalue weighted by Crippen LogP contribution is 2.35. The van der Waals surface area contributed by atoms with E-state index in [9.17, 15) is 23.5 Å². The highest BCUT2D eigenvalue weighted by molar-refractivity contribution is 5.79. The minimum atomic E-state index is -2.55. The minimum Gasteiger partial charge on any atom is -0.481 e. The van der Waals surface area contributed by atoms with E-state index in [1.165, 1.54) is 0 Å². The summed E-state index contributed by atoms with van der Waals surface area (Å²) in [4.78, 5) is 22.9. The molecular weight excluding hydrogens is 272 g/mol. The first-order valence-electron chi connectivity index (χ1n) is 6.82. The van der Waals surface area contributed by atoms with Crippen molar-refractivity contribution in [2.24, 2.45) is 5.41 Å². The normalized spacial score (nSPS) is 17.9. The molecule has 0 radical (unpaired) electrons. The fourth-order valence-corrected chi connectivity index (χ4v) is 2.39. The van der Waals surface area contributed by atoms with E-state index < -0.39 is 24.4 Å². The monoisotopic (exact) mass is 293 g/mol. The van der Waals surface area contributed by atoms with E-state index in [4.69, 9.17) is 0 Å². The van der Waals surface area contributed by atoms with Crippen LogP contribution in [-0.4, -0.2) is 43.2 Å². The Bertz CT molecular complexity index is 330. The van der Waals surface area contributed by atoms with Gasteiger partial charge in [0.2, 0.25) is 5.91 Å². The van der Waals surface area contributed by atoms with Gasteiger partial charge >= 0.3 is 5.97 Å². The van der Waals surface area contributed by atoms with Crippen LogP contribution in [0.3, 0.4) is 0 Å². The number of carboxylic acid groups (broad SMARTS) is 1. The zero-order valence-corrected chi connectivity index (χ0v) is 11.4. The molecule has 0 bridgehead atoms. The van der Waals surface area contributed by atoms with Crippen LogP contribution in [0.1, 0.15) is 38.5 Å². The second kappa shape index (κ2) is 8.14. The number of alkyl halides is 2. The van der Waals surface area contributed by atoms with Gasteiger partial charge in [0.15, 0.2) is 0 Å². The molecule has 0 aromatic heterocycles. The zero-order chi connectivity index (χ0) is 15.0. The summed E-state index contributed by atoms with van der Waals surface area (Å²) in [5.74, 6) is -1.25. The first kappa shape index (κ1) is 16.8. The molecule has 1 aliphatic carbocycles. The lowest BCUT2D eigenvalue weighted by Gasteiger charge is -2.33. The molecule has 7 heteroatoms. The molecule has 0 aromatic carbocycles. The van der Waals surface area contributed by atoms with Gasteiger partial charge in [0, 0.05) is 13.0 Å². The number of carbonyl (C=O) groups excluding carboxylic acids is 1. The second-order valence-corrected chi connectivity index (χ2v) is 5.14. The van der Waals surface area contributed by atoms with Crippen molar-refractivity contribution in [1.29, 1.82) is 0 Å². The van der Waals surface area contributed by atoms with E-state index in [2.05, 4.69) is 10.1 Å². The number of carbonyl (C=O) groups is 2. The molecule has 0 aliphatic heterocycles. The molecule has 1 saturated carbocycles. The summed E-state index contributed by atoms with van der Waals surface area (Å²) >= 11 is 0. The van der Waals surface area contributed by atoms with E-state index >= 15 is 0 Å². The van der Waals surface area contributed by atoms with Gasteiger partial charge in [-0.2, -0.15) is 0 Å². The fourth-order valence-electron chi connectivity index (χ4n) is 2.39. The lowest BCUT2D eigenvalue weighted by atomic mass is 9.74. The Kier molecular flexibility index (Phi) is 6.84. The summed E-state index contributed by atoms with van der Waals surface area (Å²) in [5, 5.41) is 11.9. The van der Waals surface area contributed by atoms with Gasteiger partial charge in [-0.15, -0.1) is 0 Å². The molecule has 0 atom stereocenters. The predicted molar refractivity (Wildman–Crippen MR) is 67.6 cm³/mol. The number of nitrogens with one attached hydrogen (secondary N) is 1. The molecule has 0 aromatic rings. The number of amides is 1. The van der Waals surface area contributed by atoms with Crippen molar-refractivity contribution in [3.8, 4) is 0 Å². The summed E-state index contributed by atoms with van der Waals surface area (Å²) in [6.45, 7) is -0.682. The molecule has 1 amide bonds. The Hall–Kier alpha value is -1.24. The van der Waals surface area contributed by atoms with E-state index in [-0.39, 0.29) is 25.5 Å². The van der Waals surface area contributed by atoms with Crippen molar-refractivity contribution >= 4 is 11.9 Å². The maximum Gasteiger partial charge on any atom is 0.311 e. The Morgan fingerprint density at radius 2 is 1.90 bits per heavy atom. The van der Waals surface area contributed by atoms with E-state index in [0.29, 0.717) is 12.8 Å². The van der Waals surface area contributed by atoms with E-state index in [0.717, 1.165) is 19.3 Å². The Morgan fingerprint density at radius 3 is 2.45 bits per heavy atom. The van der Waals surface area contributed by atoms with Crippen LogP contribution in [0, 0.1) is 5.41 Å². The molecular formula is C13H21F2NO4. The fraction of sp³-hybridized carbons (Fsp3) is 0.846. The van der Waals surface area contributed by atoms with Crippen LogP contribution in [0.2, 0.25) is 0 Å². The SMILES string of the molecule is O=C(CCOCC(F)F)NCC1(C(=O)O)CCCCC1. The Morgan fingerprint density at radius 1 is 1.25 bits per heavy atom. The maximum atomic E-state index is 11.8. The van der Waals surface area contributed by atoms with Crippen molar-refractivity contribution in [3.63, 3.8) is 0 Å². The highest BCUT2D eigenvalue weighted by Gasteiger charge is 2.39. The Labute approximate surface area is 116 Å². The number of hydrogen-bond donors (Lipinski definition) is 2. The quantitative estimate of drug-likeness (QED) is 0.669. The van der Waals surface area contributed by atoms with Gasteiger partial charge in [0.05, 0.1) is 12.0 Å². The molecule has 1 rings (SSSR count). The van der Waals surface area contributed by atoms with Gasteiger partial charge in [-0.1, -0.05) is 19.3 Å². The third-order valence-corrected chi connectivity index (χ3v) is 3.61. The molecule has 116 valence electrons. The van der Waals surface area contributed by atoms with Crippen LogP contribution in [-0.2, 0) is 14.3 Å². The van der Waals surface area contributed by atoms with Crippen LogP contribution >= 0.6 is 0 Å². The van der Waals surface area contributed by atoms with Crippen LogP contribution in [0.25, 0.3) is 0 Å². The number of rotatable bonds is 8. The standard InChI is InChI=1S/C13H21F2NO4/c14-10(15)8-20-7-4-11(17)16-9-13(12(18)19)5-2-1-3-6-13/h10H,1-9H2,(H,16,17)(H,18,19).